The first-order valence-electron chi connectivity index (χ1n) is 11.0. The fourth-order valence-corrected chi connectivity index (χ4v) is 6.00. The van der Waals surface area contributed by atoms with Gasteiger partial charge in [0.2, 0.25) is 5.91 Å². The van der Waals surface area contributed by atoms with Gasteiger partial charge in [0.1, 0.15) is 18.9 Å². The highest BCUT2D eigenvalue weighted by Crippen LogP contribution is 2.38. The Labute approximate surface area is 250 Å². The van der Waals surface area contributed by atoms with Crippen LogP contribution in [0.3, 0.4) is 0 Å². The summed E-state index contributed by atoms with van der Waals surface area (Å²) in [6.07, 6.45) is -3.07. The predicted octanol–water partition coefficient (Wildman–Crippen LogP) is 8.25. The maximum Gasteiger partial charge on any atom is 0.416 e. The van der Waals surface area contributed by atoms with Crippen molar-refractivity contribution >= 4 is 88.4 Å². The largest absolute Gasteiger partial charge is 0.487 e. The summed E-state index contributed by atoms with van der Waals surface area (Å²) in [5, 5.41) is 1.62. The molecule has 1 saturated heterocycles. The van der Waals surface area contributed by atoms with Gasteiger partial charge in [0.25, 0.3) is 11.1 Å². The van der Waals surface area contributed by atoms with Crippen molar-refractivity contribution < 1.29 is 32.3 Å². The van der Waals surface area contributed by atoms with E-state index in [9.17, 15) is 27.6 Å². The van der Waals surface area contributed by atoms with Crippen molar-refractivity contribution in [1.82, 2.24) is 4.90 Å². The molecular formula is C26H16Br3F3N2O4S. The van der Waals surface area contributed by atoms with Gasteiger partial charge in [-0.2, -0.15) is 13.2 Å². The Bertz CT molecular complexity index is 1460. The topological polar surface area (TPSA) is 75.7 Å². The minimum Gasteiger partial charge on any atom is -0.487 e. The highest BCUT2D eigenvalue weighted by atomic mass is 79.9. The van der Waals surface area contributed by atoms with Crippen molar-refractivity contribution in [3.05, 3.63) is 95.7 Å². The van der Waals surface area contributed by atoms with Crippen LogP contribution in [0.15, 0.2) is 79.0 Å². The quantitative estimate of drug-likeness (QED) is 0.247. The smallest absolute Gasteiger partial charge is 0.416 e. The average molecular weight is 749 g/mol. The SMILES string of the molecule is O=C(CN1C(=O)S/C(=C\c2cc(Br)c(OCc3ccc(Br)cc3)c(Br)c2)C1=O)Nc1cccc(C(F)(F)F)c1. The molecule has 3 aromatic rings. The molecule has 1 aliphatic heterocycles. The van der Waals surface area contributed by atoms with Crippen LogP contribution in [-0.4, -0.2) is 28.5 Å². The van der Waals surface area contributed by atoms with E-state index < -0.39 is 35.3 Å². The van der Waals surface area contributed by atoms with Gasteiger partial charge in [-0.05, 0) is 103 Å². The summed E-state index contributed by atoms with van der Waals surface area (Å²) in [7, 11) is 0. The number of thioether (sulfide) groups is 1. The van der Waals surface area contributed by atoms with Gasteiger partial charge in [0.05, 0.1) is 19.4 Å². The third kappa shape index (κ3) is 7.53. The Morgan fingerprint density at radius 3 is 2.31 bits per heavy atom. The lowest BCUT2D eigenvalue weighted by Crippen LogP contribution is -2.36. The summed E-state index contributed by atoms with van der Waals surface area (Å²) < 4.78 is 46.9. The van der Waals surface area contributed by atoms with E-state index in [1.54, 1.807) is 12.1 Å². The van der Waals surface area contributed by atoms with Gasteiger partial charge < -0.3 is 10.1 Å². The third-order valence-electron chi connectivity index (χ3n) is 5.26. The first kappa shape index (κ1) is 29.4. The standard InChI is InChI=1S/C26H16Br3F3N2O4S/c27-17-6-4-14(5-7-17)13-38-23-19(28)8-15(9-20(23)29)10-21-24(36)34(25(37)39-21)12-22(35)33-18-3-1-2-16(11-18)26(30,31)32/h1-11H,12-13H2,(H,33,35)/b21-10-. The first-order chi connectivity index (χ1) is 18.4. The number of benzene rings is 3. The number of anilines is 1. The number of alkyl halides is 3. The molecule has 13 heteroatoms. The van der Waals surface area contributed by atoms with Crippen LogP contribution in [0.25, 0.3) is 6.08 Å². The van der Waals surface area contributed by atoms with Gasteiger partial charge in [0, 0.05) is 10.2 Å². The first-order valence-corrected chi connectivity index (χ1v) is 14.2. The van der Waals surface area contributed by atoms with E-state index >= 15 is 0 Å². The predicted molar refractivity (Wildman–Crippen MR) is 153 cm³/mol. The van der Waals surface area contributed by atoms with Gasteiger partial charge in [-0.25, -0.2) is 0 Å². The molecule has 1 N–H and O–H groups in total. The molecule has 0 unspecified atom stereocenters. The molecule has 202 valence electrons. The highest BCUT2D eigenvalue weighted by Gasteiger charge is 2.36. The zero-order valence-electron chi connectivity index (χ0n) is 19.5. The Kier molecular flexibility index (Phi) is 9.25. The summed E-state index contributed by atoms with van der Waals surface area (Å²) in [4.78, 5) is 38.5. The van der Waals surface area contributed by atoms with E-state index in [4.69, 9.17) is 4.74 Å². The molecule has 6 nitrogen and oxygen atoms in total. The summed E-state index contributed by atoms with van der Waals surface area (Å²) in [6.45, 7) is -0.320. The van der Waals surface area contributed by atoms with Gasteiger partial charge >= 0.3 is 6.18 Å². The van der Waals surface area contributed by atoms with Crippen LogP contribution < -0.4 is 10.1 Å². The number of imide groups is 1. The normalized spacial score (nSPS) is 14.7. The number of halogens is 6. The molecule has 0 atom stereocenters. The zero-order valence-corrected chi connectivity index (χ0v) is 25.1. The van der Waals surface area contributed by atoms with Crippen LogP contribution in [0.1, 0.15) is 16.7 Å². The van der Waals surface area contributed by atoms with Crippen LogP contribution in [0.2, 0.25) is 0 Å². The fourth-order valence-electron chi connectivity index (χ4n) is 3.44. The molecule has 0 aliphatic carbocycles. The van der Waals surface area contributed by atoms with E-state index in [1.165, 1.54) is 12.1 Å². The minimum absolute atomic E-state index is 0.0919. The molecular weight excluding hydrogens is 733 g/mol. The number of amides is 3. The van der Waals surface area contributed by atoms with Crippen molar-refractivity contribution in [1.29, 1.82) is 0 Å². The minimum atomic E-state index is -4.58. The van der Waals surface area contributed by atoms with Crippen molar-refractivity contribution in [2.75, 3.05) is 11.9 Å². The Hall–Kier alpha value is -2.61. The highest BCUT2D eigenvalue weighted by molar-refractivity contribution is 9.11. The second kappa shape index (κ2) is 12.3. The number of rotatable bonds is 7. The lowest BCUT2D eigenvalue weighted by atomic mass is 10.2. The number of hydrogen-bond acceptors (Lipinski definition) is 5. The third-order valence-corrected chi connectivity index (χ3v) is 7.88. The second-order valence-electron chi connectivity index (χ2n) is 8.12. The van der Waals surface area contributed by atoms with E-state index in [-0.39, 0.29) is 10.6 Å². The van der Waals surface area contributed by atoms with Crippen molar-refractivity contribution in [2.45, 2.75) is 12.8 Å². The summed E-state index contributed by atoms with van der Waals surface area (Å²) in [6, 6.07) is 15.2. The van der Waals surface area contributed by atoms with Crippen molar-refractivity contribution in [2.24, 2.45) is 0 Å². The van der Waals surface area contributed by atoms with Crippen LogP contribution in [0.5, 0.6) is 5.75 Å². The molecule has 0 saturated carbocycles. The van der Waals surface area contributed by atoms with Gasteiger partial charge in [-0.3, -0.25) is 19.3 Å². The van der Waals surface area contributed by atoms with Crippen LogP contribution >= 0.6 is 59.6 Å². The zero-order chi connectivity index (χ0) is 28.3. The average Bonchev–Trinajstić information content (AvgIpc) is 3.11. The molecule has 4 rings (SSSR count). The molecule has 0 radical (unpaired) electrons. The molecule has 0 spiro atoms. The number of carbonyl (C=O) groups excluding carboxylic acids is 3. The summed E-state index contributed by atoms with van der Waals surface area (Å²) >= 11 is 11.0. The van der Waals surface area contributed by atoms with E-state index in [1.807, 2.05) is 24.3 Å². The number of carbonyl (C=O) groups is 3. The molecule has 0 bridgehead atoms. The number of hydrogen-bond donors (Lipinski definition) is 1. The molecule has 3 amide bonds. The van der Waals surface area contributed by atoms with Crippen molar-refractivity contribution in [3.8, 4) is 5.75 Å². The number of nitrogens with zero attached hydrogens (tertiary/aromatic N) is 1. The molecule has 1 aliphatic rings. The summed E-state index contributed by atoms with van der Waals surface area (Å²) in [5.74, 6) is -0.947. The molecule has 1 heterocycles. The van der Waals surface area contributed by atoms with Crippen LogP contribution in [0, 0.1) is 0 Å². The summed E-state index contributed by atoms with van der Waals surface area (Å²) in [5.41, 5.74) is 0.515. The Morgan fingerprint density at radius 2 is 1.67 bits per heavy atom. The molecule has 1 fully saturated rings. The van der Waals surface area contributed by atoms with E-state index in [2.05, 4.69) is 53.1 Å². The number of nitrogens with one attached hydrogen (secondary N) is 1. The number of ether oxygens (including phenoxy) is 1. The lowest BCUT2D eigenvalue weighted by Gasteiger charge is -2.13. The van der Waals surface area contributed by atoms with Crippen LogP contribution in [-0.2, 0) is 22.4 Å². The molecule has 0 aromatic heterocycles. The van der Waals surface area contributed by atoms with E-state index in [0.29, 0.717) is 38.6 Å². The lowest BCUT2D eigenvalue weighted by molar-refractivity contribution is -0.137. The van der Waals surface area contributed by atoms with Gasteiger partial charge in [0.15, 0.2) is 0 Å². The fraction of sp³-hybridized carbons (Fsp3) is 0.115. The maximum absolute atomic E-state index is 12.9. The monoisotopic (exact) mass is 746 g/mol. The van der Waals surface area contributed by atoms with Crippen LogP contribution in [0.4, 0.5) is 23.7 Å². The van der Waals surface area contributed by atoms with E-state index in [0.717, 1.165) is 33.1 Å². The Morgan fingerprint density at radius 1 is 1.00 bits per heavy atom. The van der Waals surface area contributed by atoms with Crippen molar-refractivity contribution in [3.63, 3.8) is 0 Å². The molecule has 39 heavy (non-hydrogen) atoms. The van der Waals surface area contributed by atoms with Gasteiger partial charge in [-0.1, -0.05) is 34.1 Å². The molecule has 3 aromatic carbocycles. The maximum atomic E-state index is 12.9. The second-order valence-corrected chi connectivity index (χ2v) is 11.7. The Balaban J connectivity index is 1.42. The van der Waals surface area contributed by atoms with Gasteiger partial charge in [-0.15, -0.1) is 0 Å².